The van der Waals surface area contributed by atoms with Gasteiger partial charge < -0.3 is 10.4 Å². The topological polar surface area (TPSA) is 115 Å². The van der Waals surface area contributed by atoms with Crippen molar-refractivity contribution >= 4 is 11.9 Å². The Morgan fingerprint density at radius 3 is 2.77 bits per heavy atom. The van der Waals surface area contributed by atoms with E-state index in [-0.39, 0.29) is 25.4 Å². The summed E-state index contributed by atoms with van der Waals surface area (Å²) in [4.78, 5) is 23.3. The van der Waals surface area contributed by atoms with Crippen LogP contribution in [0.3, 0.4) is 0 Å². The van der Waals surface area contributed by atoms with Gasteiger partial charge in [0.05, 0.1) is 0 Å². The number of nitrogens with one attached hydrogen (secondary N) is 1. The third kappa shape index (κ3) is 8.15. The van der Waals surface area contributed by atoms with Gasteiger partial charge in [0.25, 0.3) is 0 Å². The molecule has 0 atom stereocenters. The number of nitrogens with zero attached hydrogens (tertiary/aromatic N) is 3. The number of carbonyl (C=O) groups excluding carboxylic acids is 1. The summed E-state index contributed by atoms with van der Waals surface area (Å²) in [6.45, 7) is -0.128. The van der Waals surface area contributed by atoms with Crippen molar-refractivity contribution in [2.24, 2.45) is 5.11 Å². The maximum atomic E-state index is 10.8. The van der Waals surface area contributed by atoms with E-state index in [2.05, 4.69) is 15.3 Å². The third-order valence-electron chi connectivity index (χ3n) is 1.16. The second kappa shape index (κ2) is 6.93. The minimum atomic E-state index is -1.08. The van der Waals surface area contributed by atoms with Gasteiger partial charge in [-0.15, -0.1) is 0 Å². The summed E-state index contributed by atoms with van der Waals surface area (Å²) >= 11 is 0. The molecule has 0 fully saturated rings. The molecule has 0 aliphatic heterocycles. The lowest BCUT2D eigenvalue weighted by Crippen LogP contribution is -2.29. The Morgan fingerprint density at radius 2 is 2.23 bits per heavy atom. The number of hydrogen-bond acceptors (Lipinski definition) is 3. The molecule has 0 aliphatic rings. The van der Waals surface area contributed by atoms with E-state index in [0.717, 1.165) is 0 Å². The van der Waals surface area contributed by atoms with Crippen molar-refractivity contribution in [2.45, 2.75) is 12.8 Å². The third-order valence-corrected chi connectivity index (χ3v) is 1.16. The zero-order chi connectivity index (χ0) is 10.1. The fourth-order valence-electron chi connectivity index (χ4n) is 0.618. The molecule has 0 rings (SSSR count). The summed E-state index contributed by atoms with van der Waals surface area (Å²) < 4.78 is 0. The van der Waals surface area contributed by atoms with Crippen molar-refractivity contribution < 1.29 is 14.7 Å². The summed E-state index contributed by atoms with van der Waals surface area (Å²) in [5.74, 6) is -1.43. The Hall–Kier alpha value is -1.75. The Bertz CT molecular complexity index is 234. The van der Waals surface area contributed by atoms with E-state index in [1.165, 1.54) is 0 Å². The van der Waals surface area contributed by atoms with Gasteiger partial charge in [0.15, 0.2) is 0 Å². The SMILES string of the molecule is [N-]=[N+]=NCCCC(=O)NCC(=O)O. The molecule has 2 N–H and O–H groups in total. The van der Waals surface area contributed by atoms with E-state index in [9.17, 15) is 9.59 Å². The second-order valence-electron chi connectivity index (χ2n) is 2.23. The number of rotatable bonds is 6. The van der Waals surface area contributed by atoms with Crippen LogP contribution in [0.25, 0.3) is 10.4 Å². The zero-order valence-electron chi connectivity index (χ0n) is 6.93. The first-order valence-electron chi connectivity index (χ1n) is 3.66. The van der Waals surface area contributed by atoms with E-state index in [4.69, 9.17) is 10.6 Å². The van der Waals surface area contributed by atoms with E-state index < -0.39 is 5.97 Å². The Labute approximate surface area is 74.4 Å². The van der Waals surface area contributed by atoms with Crippen molar-refractivity contribution in [1.29, 1.82) is 0 Å². The van der Waals surface area contributed by atoms with Gasteiger partial charge in [0.2, 0.25) is 5.91 Å². The highest BCUT2D eigenvalue weighted by atomic mass is 16.4. The van der Waals surface area contributed by atoms with Crippen LogP contribution in [0.15, 0.2) is 5.11 Å². The van der Waals surface area contributed by atoms with E-state index in [0.29, 0.717) is 6.42 Å². The Kier molecular flexibility index (Phi) is 6.00. The molecule has 1 amide bonds. The van der Waals surface area contributed by atoms with Crippen LogP contribution < -0.4 is 5.32 Å². The van der Waals surface area contributed by atoms with Gasteiger partial charge in [-0.3, -0.25) is 9.59 Å². The van der Waals surface area contributed by atoms with Crippen LogP contribution in [0.1, 0.15) is 12.8 Å². The standard InChI is InChI=1S/C6H10N4O3/c7-10-9-3-1-2-5(11)8-4-6(12)13/h1-4H2,(H,8,11)(H,12,13). The van der Waals surface area contributed by atoms with Gasteiger partial charge in [-0.2, -0.15) is 0 Å². The number of carboxylic acid groups (broad SMARTS) is 1. The average molecular weight is 186 g/mol. The fraction of sp³-hybridized carbons (Fsp3) is 0.667. The largest absolute Gasteiger partial charge is 0.480 e. The molecule has 0 saturated heterocycles. The lowest BCUT2D eigenvalue weighted by molar-refractivity contribution is -0.137. The molecule has 0 aromatic rings. The predicted molar refractivity (Wildman–Crippen MR) is 43.9 cm³/mol. The molecule has 0 aliphatic carbocycles. The van der Waals surface area contributed by atoms with Crippen LogP contribution >= 0.6 is 0 Å². The van der Waals surface area contributed by atoms with Crippen LogP contribution in [0, 0.1) is 0 Å². The van der Waals surface area contributed by atoms with Crippen molar-refractivity contribution in [3.63, 3.8) is 0 Å². The molecule has 0 aromatic carbocycles. The molecule has 0 radical (unpaired) electrons. The number of azide groups is 1. The van der Waals surface area contributed by atoms with Gasteiger partial charge in [0.1, 0.15) is 6.54 Å². The normalized spacial score (nSPS) is 8.62. The van der Waals surface area contributed by atoms with Crippen LogP contribution in [0.5, 0.6) is 0 Å². The van der Waals surface area contributed by atoms with Gasteiger partial charge in [-0.1, -0.05) is 5.11 Å². The molecule has 0 saturated carbocycles. The quantitative estimate of drug-likeness (QED) is 0.268. The molecule has 7 nitrogen and oxygen atoms in total. The summed E-state index contributed by atoms with van der Waals surface area (Å²) in [7, 11) is 0. The van der Waals surface area contributed by atoms with Crippen molar-refractivity contribution in [1.82, 2.24) is 5.32 Å². The summed E-state index contributed by atoms with van der Waals surface area (Å²) in [5, 5.41) is 13.6. The predicted octanol–water partition coefficient (Wildman–Crippen LogP) is 0.278. The van der Waals surface area contributed by atoms with Gasteiger partial charge in [-0.25, -0.2) is 0 Å². The summed E-state index contributed by atoms with van der Waals surface area (Å²) in [6.07, 6.45) is 0.599. The maximum Gasteiger partial charge on any atom is 0.322 e. The number of aliphatic carboxylic acids is 1. The molecule has 13 heavy (non-hydrogen) atoms. The van der Waals surface area contributed by atoms with Crippen molar-refractivity contribution in [3.8, 4) is 0 Å². The molecule has 7 heteroatoms. The molecular formula is C6H10N4O3. The molecule has 0 heterocycles. The minimum absolute atomic E-state index is 0.173. The van der Waals surface area contributed by atoms with E-state index >= 15 is 0 Å². The highest BCUT2D eigenvalue weighted by Gasteiger charge is 2.02. The van der Waals surface area contributed by atoms with Crippen molar-refractivity contribution in [2.75, 3.05) is 13.1 Å². The first-order chi connectivity index (χ1) is 6.16. The van der Waals surface area contributed by atoms with Crippen LogP contribution in [0.2, 0.25) is 0 Å². The second-order valence-corrected chi connectivity index (χ2v) is 2.23. The zero-order valence-corrected chi connectivity index (χ0v) is 6.93. The molecule has 0 unspecified atom stereocenters. The summed E-state index contributed by atoms with van der Waals surface area (Å²) in [6, 6.07) is 0. The first kappa shape index (κ1) is 11.2. The fourth-order valence-corrected chi connectivity index (χ4v) is 0.618. The lowest BCUT2D eigenvalue weighted by atomic mass is 10.3. The molecule has 72 valence electrons. The lowest BCUT2D eigenvalue weighted by Gasteiger charge is -1.99. The van der Waals surface area contributed by atoms with Crippen molar-refractivity contribution in [3.05, 3.63) is 10.4 Å². The first-order valence-corrected chi connectivity index (χ1v) is 3.66. The van der Waals surface area contributed by atoms with Crippen LogP contribution in [0.4, 0.5) is 0 Å². The number of hydrogen-bond donors (Lipinski definition) is 2. The number of carbonyl (C=O) groups is 2. The number of carboxylic acids is 1. The Balaban J connectivity index is 3.40. The average Bonchev–Trinajstić information content (AvgIpc) is 2.09. The highest BCUT2D eigenvalue weighted by molar-refractivity contribution is 5.80. The van der Waals surface area contributed by atoms with E-state index in [1.807, 2.05) is 0 Å². The smallest absolute Gasteiger partial charge is 0.322 e. The highest BCUT2D eigenvalue weighted by Crippen LogP contribution is 1.89. The van der Waals surface area contributed by atoms with Gasteiger partial charge in [-0.05, 0) is 12.0 Å². The molecular weight excluding hydrogens is 176 g/mol. The molecule has 0 aromatic heterocycles. The van der Waals surface area contributed by atoms with Crippen LogP contribution in [-0.4, -0.2) is 30.1 Å². The summed E-state index contributed by atoms with van der Waals surface area (Å²) in [5.41, 5.74) is 7.89. The van der Waals surface area contributed by atoms with E-state index in [1.54, 1.807) is 0 Å². The monoisotopic (exact) mass is 186 g/mol. The van der Waals surface area contributed by atoms with Gasteiger partial charge >= 0.3 is 5.97 Å². The maximum absolute atomic E-state index is 10.8. The molecule has 0 bridgehead atoms. The van der Waals surface area contributed by atoms with Gasteiger partial charge in [0, 0.05) is 17.9 Å². The minimum Gasteiger partial charge on any atom is -0.480 e. The Morgan fingerprint density at radius 1 is 1.54 bits per heavy atom. The van der Waals surface area contributed by atoms with Crippen LogP contribution in [-0.2, 0) is 9.59 Å². The number of amides is 1. The molecule has 0 spiro atoms.